The molecule has 0 fully saturated rings. The SMILES string of the molecule is N#Cc1cc(F)c(NCCCO)nc1Cl. The van der Waals surface area contributed by atoms with Crippen LogP contribution in [-0.2, 0) is 0 Å². The number of nitrogens with zero attached hydrogens (tertiary/aromatic N) is 2. The first-order valence-corrected chi connectivity index (χ1v) is 4.67. The standard InChI is InChI=1S/C9H9ClFN3O/c10-8-6(5-12)4-7(11)9(14-8)13-2-1-3-15/h4,15H,1-3H2,(H,13,14). The average Bonchev–Trinajstić information content (AvgIpc) is 2.23. The van der Waals surface area contributed by atoms with Gasteiger partial charge < -0.3 is 10.4 Å². The largest absolute Gasteiger partial charge is 0.396 e. The van der Waals surface area contributed by atoms with Crippen LogP contribution in [0.15, 0.2) is 6.07 Å². The molecule has 0 saturated carbocycles. The zero-order valence-electron chi connectivity index (χ0n) is 7.80. The van der Waals surface area contributed by atoms with Crippen LogP contribution in [0.25, 0.3) is 0 Å². The maximum atomic E-state index is 13.2. The maximum absolute atomic E-state index is 13.2. The molecular weight excluding hydrogens is 221 g/mol. The predicted octanol–water partition coefficient (Wildman–Crippen LogP) is 1.54. The van der Waals surface area contributed by atoms with E-state index in [2.05, 4.69) is 10.3 Å². The van der Waals surface area contributed by atoms with Crippen LogP contribution >= 0.6 is 11.6 Å². The Bertz CT molecular complexity index is 392. The van der Waals surface area contributed by atoms with Crippen molar-refractivity contribution >= 4 is 17.4 Å². The Morgan fingerprint density at radius 3 is 3.00 bits per heavy atom. The van der Waals surface area contributed by atoms with Crippen LogP contribution in [0.5, 0.6) is 0 Å². The van der Waals surface area contributed by atoms with Gasteiger partial charge in [-0.3, -0.25) is 0 Å². The van der Waals surface area contributed by atoms with Crippen molar-refractivity contribution in [2.24, 2.45) is 0 Å². The first-order valence-electron chi connectivity index (χ1n) is 4.30. The Morgan fingerprint density at radius 1 is 1.67 bits per heavy atom. The van der Waals surface area contributed by atoms with Crippen molar-refractivity contribution in [3.05, 3.63) is 22.6 Å². The van der Waals surface area contributed by atoms with Crippen molar-refractivity contribution in [2.75, 3.05) is 18.5 Å². The number of aliphatic hydroxyl groups excluding tert-OH is 1. The Hall–Kier alpha value is -1.38. The summed E-state index contributed by atoms with van der Waals surface area (Å²) in [5.41, 5.74) is 0.00174. The van der Waals surface area contributed by atoms with Crippen LogP contribution in [0.2, 0.25) is 5.15 Å². The van der Waals surface area contributed by atoms with E-state index in [4.69, 9.17) is 22.0 Å². The second-order valence-electron chi connectivity index (χ2n) is 2.77. The van der Waals surface area contributed by atoms with E-state index in [0.717, 1.165) is 6.07 Å². The molecule has 0 spiro atoms. The highest BCUT2D eigenvalue weighted by Gasteiger charge is 2.09. The Kier molecular flexibility index (Phi) is 4.28. The first kappa shape index (κ1) is 11.7. The molecule has 0 radical (unpaired) electrons. The lowest BCUT2D eigenvalue weighted by molar-refractivity contribution is 0.292. The molecule has 0 aliphatic carbocycles. The number of rotatable bonds is 4. The molecule has 0 atom stereocenters. The van der Waals surface area contributed by atoms with E-state index in [-0.39, 0.29) is 23.1 Å². The van der Waals surface area contributed by atoms with Gasteiger partial charge in [-0.05, 0) is 12.5 Å². The third-order valence-corrected chi connectivity index (χ3v) is 1.97. The third kappa shape index (κ3) is 3.05. The summed E-state index contributed by atoms with van der Waals surface area (Å²) >= 11 is 5.62. The topological polar surface area (TPSA) is 68.9 Å². The van der Waals surface area contributed by atoms with E-state index in [1.165, 1.54) is 0 Å². The quantitative estimate of drug-likeness (QED) is 0.607. The van der Waals surface area contributed by atoms with Gasteiger partial charge in [-0.2, -0.15) is 5.26 Å². The van der Waals surface area contributed by atoms with E-state index in [0.29, 0.717) is 13.0 Å². The van der Waals surface area contributed by atoms with Crippen molar-refractivity contribution in [3.63, 3.8) is 0 Å². The van der Waals surface area contributed by atoms with Crippen LogP contribution in [0.4, 0.5) is 10.2 Å². The summed E-state index contributed by atoms with van der Waals surface area (Å²) < 4.78 is 13.2. The van der Waals surface area contributed by atoms with Gasteiger partial charge in [0, 0.05) is 13.2 Å². The maximum Gasteiger partial charge on any atom is 0.166 e. The fourth-order valence-electron chi connectivity index (χ4n) is 0.955. The van der Waals surface area contributed by atoms with Crippen molar-refractivity contribution in [1.82, 2.24) is 4.98 Å². The highest BCUT2D eigenvalue weighted by Crippen LogP contribution is 2.19. The summed E-state index contributed by atoms with van der Waals surface area (Å²) in [5.74, 6) is -0.638. The summed E-state index contributed by atoms with van der Waals surface area (Å²) in [7, 11) is 0. The molecule has 15 heavy (non-hydrogen) atoms. The van der Waals surface area contributed by atoms with E-state index < -0.39 is 5.82 Å². The highest BCUT2D eigenvalue weighted by atomic mass is 35.5. The molecule has 0 bridgehead atoms. The van der Waals surface area contributed by atoms with Gasteiger partial charge in [-0.25, -0.2) is 9.37 Å². The first-order chi connectivity index (χ1) is 7.19. The second-order valence-corrected chi connectivity index (χ2v) is 3.13. The lowest BCUT2D eigenvalue weighted by Gasteiger charge is -2.06. The molecule has 1 aromatic rings. The highest BCUT2D eigenvalue weighted by molar-refractivity contribution is 6.30. The van der Waals surface area contributed by atoms with Crippen LogP contribution in [0.3, 0.4) is 0 Å². The van der Waals surface area contributed by atoms with Crippen molar-refractivity contribution in [1.29, 1.82) is 5.26 Å². The molecule has 6 heteroatoms. The van der Waals surface area contributed by atoms with Crippen LogP contribution in [-0.4, -0.2) is 23.2 Å². The number of nitrogens with one attached hydrogen (secondary N) is 1. The number of aromatic nitrogens is 1. The van der Waals surface area contributed by atoms with Crippen LogP contribution in [0, 0.1) is 17.1 Å². The molecule has 0 aromatic carbocycles. The number of nitriles is 1. The zero-order chi connectivity index (χ0) is 11.3. The Labute approximate surface area is 91.3 Å². The van der Waals surface area contributed by atoms with Gasteiger partial charge in [0.2, 0.25) is 0 Å². The van der Waals surface area contributed by atoms with E-state index in [1.807, 2.05) is 0 Å². The minimum absolute atomic E-state index is 0.00174. The van der Waals surface area contributed by atoms with Crippen LogP contribution in [0.1, 0.15) is 12.0 Å². The monoisotopic (exact) mass is 229 g/mol. The molecule has 80 valence electrons. The van der Waals surface area contributed by atoms with Gasteiger partial charge in [-0.1, -0.05) is 11.6 Å². The van der Waals surface area contributed by atoms with Crippen molar-refractivity contribution in [2.45, 2.75) is 6.42 Å². The minimum atomic E-state index is -0.631. The van der Waals surface area contributed by atoms with Gasteiger partial charge in [0.1, 0.15) is 11.2 Å². The summed E-state index contributed by atoms with van der Waals surface area (Å²) in [6, 6.07) is 2.75. The third-order valence-electron chi connectivity index (χ3n) is 1.68. The molecule has 0 aliphatic heterocycles. The number of hydrogen-bond donors (Lipinski definition) is 2. The molecule has 4 nitrogen and oxygen atoms in total. The van der Waals surface area contributed by atoms with E-state index in [1.54, 1.807) is 6.07 Å². The summed E-state index contributed by atoms with van der Waals surface area (Å²) in [4.78, 5) is 3.69. The average molecular weight is 230 g/mol. The normalized spacial score (nSPS) is 9.73. The van der Waals surface area contributed by atoms with Gasteiger partial charge in [0.25, 0.3) is 0 Å². The summed E-state index contributed by atoms with van der Waals surface area (Å²) in [6.07, 6.45) is 0.485. The summed E-state index contributed by atoms with van der Waals surface area (Å²) in [6.45, 7) is 0.404. The van der Waals surface area contributed by atoms with Crippen LogP contribution < -0.4 is 5.32 Å². The Balaban J connectivity index is 2.82. The Morgan fingerprint density at radius 2 is 2.40 bits per heavy atom. The molecule has 0 unspecified atom stereocenters. The van der Waals surface area contributed by atoms with Gasteiger partial charge in [-0.15, -0.1) is 0 Å². The number of pyridine rings is 1. The zero-order valence-corrected chi connectivity index (χ0v) is 8.55. The number of halogens is 2. The molecule has 1 rings (SSSR count). The number of anilines is 1. The summed E-state index contributed by atoms with van der Waals surface area (Å²) in [5, 5.41) is 19.7. The van der Waals surface area contributed by atoms with Gasteiger partial charge in [0.05, 0.1) is 5.56 Å². The second kappa shape index (κ2) is 5.49. The fourth-order valence-corrected chi connectivity index (χ4v) is 1.14. The fraction of sp³-hybridized carbons (Fsp3) is 0.333. The van der Waals surface area contributed by atoms with Crippen molar-refractivity contribution in [3.8, 4) is 6.07 Å². The van der Waals surface area contributed by atoms with Crippen molar-refractivity contribution < 1.29 is 9.50 Å². The molecule has 2 N–H and O–H groups in total. The molecule has 0 amide bonds. The predicted molar refractivity (Wildman–Crippen MR) is 54.1 cm³/mol. The van der Waals surface area contributed by atoms with Gasteiger partial charge >= 0.3 is 0 Å². The molecule has 0 saturated heterocycles. The lowest BCUT2D eigenvalue weighted by atomic mass is 10.3. The molecule has 1 aromatic heterocycles. The smallest absolute Gasteiger partial charge is 0.166 e. The van der Waals surface area contributed by atoms with Gasteiger partial charge in [0.15, 0.2) is 11.6 Å². The molecule has 0 aliphatic rings. The number of hydrogen-bond acceptors (Lipinski definition) is 4. The lowest BCUT2D eigenvalue weighted by Crippen LogP contribution is -2.07. The minimum Gasteiger partial charge on any atom is -0.396 e. The van der Waals surface area contributed by atoms with E-state index >= 15 is 0 Å². The molecular formula is C9H9ClFN3O. The molecule has 1 heterocycles. The number of aliphatic hydroxyl groups is 1. The van der Waals surface area contributed by atoms with E-state index in [9.17, 15) is 4.39 Å².